The normalized spacial score (nSPS) is 11.6. The zero-order valence-corrected chi connectivity index (χ0v) is 20.7. The number of rotatable bonds is 8. The molecular weight excluding hydrogens is 503 g/mol. The fourth-order valence-corrected chi connectivity index (χ4v) is 4.17. The highest BCUT2D eigenvalue weighted by atomic mass is 32.2. The number of amides is 1. The van der Waals surface area contributed by atoms with Crippen molar-refractivity contribution in [3.05, 3.63) is 89.5 Å². The Balaban J connectivity index is 1.51. The van der Waals surface area contributed by atoms with Gasteiger partial charge in [0.2, 0.25) is 0 Å². The molecule has 3 aromatic carbocycles. The lowest BCUT2D eigenvalue weighted by atomic mass is 10.1. The molecule has 0 fully saturated rings. The fraction of sp³-hybridized carbons (Fsp3) is 0.154. The number of benzene rings is 3. The highest BCUT2D eigenvalue weighted by Gasteiger charge is 2.32. The molecule has 0 atom stereocenters. The third-order valence-electron chi connectivity index (χ3n) is 5.27. The Labute approximate surface area is 215 Å². The summed E-state index contributed by atoms with van der Waals surface area (Å²) in [6, 6.07) is 20.1. The quantitative estimate of drug-likeness (QED) is 0.186. The van der Waals surface area contributed by atoms with Crippen molar-refractivity contribution < 1.29 is 22.7 Å². The summed E-state index contributed by atoms with van der Waals surface area (Å²) in [5.41, 5.74) is 4.00. The first-order chi connectivity index (χ1) is 17.8. The van der Waals surface area contributed by atoms with Crippen LogP contribution < -0.4 is 10.2 Å². The number of alkyl halides is 3. The van der Waals surface area contributed by atoms with Gasteiger partial charge in [0.15, 0.2) is 11.0 Å². The number of carbonyl (C=O) groups excluding carboxylic acids is 1. The molecule has 11 heteroatoms. The van der Waals surface area contributed by atoms with Crippen LogP contribution in [0.15, 0.2) is 83.1 Å². The minimum absolute atomic E-state index is 0.0829. The molecule has 4 rings (SSSR count). The second-order valence-corrected chi connectivity index (χ2v) is 8.82. The molecule has 1 heterocycles. The molecule has 4 aromatic rings. The monoisotopic (exact) mass is 525 g/mol. The highest BCUT2D eigenvalue weighted by Crippen LogP contribution is 2.31. The second kappa shape index (κ2) is 11.3. The van der Waals surface area contributed by atoms with Crippen molar-refractivity contribution in [2.24, 2.45) is 5.10 Å². The molecule has 0 saturated carbocycles. The van der Waals surface area contributed by atoms with Crippen LogP contribution in [0.25, 0.3) is 17.1 Å². The molecule has 0 unspecified atom stereocenters. The molecule has 7 nitrogen and oxygen atoms in total. The number of nitrogens with one attached hydrogen (secondary N) is 1. The maximum atomic E-state index is 13.1. The first-order valence-corrected chi connectivity index (χ1v) is 12.0. The van der Waals surface area contributed by atoms with E-state index in [2.05, 4.69) is 20.7 Å². The fourth-order valence-electron chi connectivity index (χ4n) is 3.42. The predicted octanol–water partition coefficient (Wildman–Crippen LogP) is 5.51. The third kappa shape index (κ3) is 6.36. The van der Waals surface area contributed by atoms with Crippen molar-refractivity contribution in [2.45, 2.75) is 18.3 Å². The van der Waals surface area contributed by atoms with E-state index >= 15 is 0 Å². The van der Waals surface area contributed by atoms with Crippen LogP contribution in [-0.4, -0.2) is 39.7 Å². The van der Waals surface area contributed by atoms with E-state index in [1.165, 1.54) is 18.2 Å². The van der Waals surface area contributed by atoms with Gasteiger partial charge in [0.25, 0.3) is 5.91 Å². The van der Waals surface area contributed by atoms with Gasteiger partial charge in [-0.25, -0.2) is 5.43 Å². The Morgan fingerprint density at radius 3 is 2.43 bits per heavy atom. The van der Waals surface area contributed by atoms with E-state index in [-0.39, 0.29) is 11.3 Å². The smallest absolute Gasteiger partial charge is 0.417 e. The van der Waals surface area contributed by atoms with Gasteiger partial charge in [-0.2, -0.15) is 18.3 Å². The highest BCUT2D eigenvalue weighted by molar-refractivity contribution is 7.99. The van der Waals surface area contributed by atoms with E-state index < -0.39 is 17.6 Å². The predicted molar refractivity (Wildman–Crippen MR) is 136 cm³/mol. The standard InChI is InChI=1S/C26H22F3N5O2S/c1-17-7-9-18(10-8-17)24-32-33-25(34(24)20-11-13-21(36-2)14-12-20)37-16-23(35)31-30-15-19-5-3-4-6-22(19)26(27,28)29/h3-15H,16H2,1-2H3,(H,31,35)/b30-15+. The lowest BCUT2D eigenvalue weighted by Crippen LogP contribution is -2.20. The Morgan fingerprint density at radius 2 is 1.76 bits per heavy atom. The summed E-state index contributed by atoms with van der Waals surface area (Å²) in [5.74, 6) is 0.689. The molecule has 0 aliphatic heterocycles. The first-order valence-electron chi connectivity index (χ1n) is 11.0. The number of ether oxygens (including phenoxy) is 1. The van der Waals surface area contributed by atoms with Crippen LogP contribution in [0.3, 0.4) is 0 Å². The van der Waals surface area contributed by atoms with Crippen LogP contribution in [0.5, 0.6) is 5.75 Å². The number of carbonyl (C=O) groups is 1. The van der Waals surface area contributed by atoms with Gasteiger partial charge >= 0.3 is 6.18 Å². The van der Waals surface area contributed by atoms with Gasteiger partial charge in [0, 0.05) is 16.8 Å². The van der Waals surface area contributed by atoms with Crippen LogP contribution in [0.2, 0.25) is 0 Å². The number of hydrogen-bond acceptors (Lipinski definition) is 6. The number of aromatic nitrogens is 3. The molecule has 0 saturated heterocycles. The number of halogens is 3. The number of hydrogen-bond donors (Lipinski definition) is 1. The molecule has 1 N–H and O–H groups in total. The van der Waals surface area contributed by atoms with E-state index in [0.29, 0.717) is 16.7 Å². The summed E-state index contributed by atoms with van der Waals surface area (Å²) in [7, 11) is 1.58. The molecule has 190 valence electrons. The van der Waals surface area contributed by atoms with Gasteiger partial charge in [-0.05, 0) is 37.3 Å². The molecule has 0 aliphatic carbocycles. The van der Waals surface area contributed by atoms with Crippen molar-refractivity contribution in [1.29, 1.82) is 0 Å². The number of thioether (sulfide) groups is 1. The summed E-state index contributed by atoms with van der Waals surface area (Å²) in [5, 5.41) is 12.8. The Hall–Kier alpha value is -4.12. The van der Waals surface area contributed by atoms with Gasteiger partial charge in [-0.1, -0.05) is 59.8 Å². The Kier molecular flexibility index (Phi) is 7.92. The molecule has 0 aliphatic rings. The zero-order chi connectivity index (χ0) is 26.4. The molecule has 1 aromatic heterocycles. The van der Waals surface area contributed by atoms with E-state index in [4.69, 9.17) is 4.74 Å². The summed E-state index contributed by atoms with van der Waals surface area (Å²) in [6.45, 7) is 1.99. The maximum Gasteiger partial charge on any atom is 0.417 e. The van der Waals surface area contributed by atoms with Crippen molar-refractivity contribution in [2.75, 3.05) is 12.9 Å². The van der Waals surface area contributed by atoms with E-state index in [1.807, 2.05) is 60.0 Å². The Bertz CT molecular complexity index is 1400. The van der Waals surface area contributed by atoms with Crippen molar-refractivity contribution in [1.82, 2.24) is 20.2 Å². The number of methoxy groups -OCH3 is 1. The maximum absolute atomic E-state index is 13.1. The van der Waals surface area contributed by atoms with Crippen LogP contribution >= 0.6 is 11.8 Å². The summed E-state index contributed by atoms with van der Waals surface area (Å²) in [6.07, 6.45) is -3.55. The van der Waals surface area contributed by atoms with Gasteiger partial charge in [0.05, 0.1) is 24.6 Å². The number of hydrazone groups is 1. The minimum atomic E-state index is -4.52. The lowest BCUT2D eigenvalue weighted by Gasteiger charge is -2.11. The molecule has 0 bridgehead atoms. The Morgan fingerprint density at radius 1 is 1.05 bits per heavy atom. The van der Waals surface area contributed by atoms with Gasteiger partial charge in [-0.3, -0.25) is 9.36 Å². The SMILES string of the molecule is COc1ccc(-n2c(SCC(=O)N/N=C/c3ccccc3C(F)(F)F)nnc2-c2ccc(C)cc2)cc1. The van der Waals surface area contributed by atoms with E-state index in [1.54, 1.807) is 7.11 Å². The van der Waals surface area contributed by atoms with E-state index in [9.17, 15) is 18.0 Å². The van der Waals surface area contributed by atoms with Crippen LogP contribution in [0.1, 0.15) is 16.7 Å². The van der Waals surface area contributed by atoms with Gasteiger partial charge in [0.1, 0.15) is 5.75 Å². The topological polar surface area (TPSA) is 81.4 Å². The van der Waals surface area contributed by atoms with Crippen LogP contribution in [0, 0.1) is 6.92 Å². The number of nitrogens with zero attached hydrogens (tertiary/aromatic N) is 4. The van der Waals surface area contributed by atoms with E-state index in [0.717, 1.165) is 40.9 Å². The molecular formula is C26H22F3N5O2S. The van der Waals surface area contributed by atoms with Gasteiger partial charge in [-0.15, -0.1) is 10.2 Å². The molecule has 1 amide bonds. The van der Waals surface area contributed by atoms with Crippen molar-refractivity contribution >= 4 is 23.9 Å². The summed E-state index contributed by atoms with van der Waals surface area (Å²) in [4.78, 5) is 12.4. The van der Waals surface area contributed by atoms with Crippen molar-refractivity contribution in [3.63, 3.8) is 0 Å². The van der Waals surface area contributed by atoms with Crippen LogP contribution in [0.4, 0.5) is 13.2 Å². The summed E-state index contributed by atoms with van der Waals surface area (Å²) < 4.78 is 46.5. The van der Waals surface area contributed by atoms with Crippen LogP contribution in [-0.2, 0) is 11.0 Å². The summed E-state index contributed by atoms with van der Waals surface area (Å²) >= 11 is 1.12. The largest absolute Gasteiger partial charge is 0.497 e. The first kappa shape index (κ1) is 26.0. The number of aryl methyl sites for hydroxylation is 1. The zero-order valence-electron chi connectivity index (χ0n) is 19.9. The van der Waals surface area contributed by atoms with Gasteiger partial charge < -0.3 is 4.74 Å². The molecule has 37 heavy (non-hydrogen) atoms. The molecule has 0 radical (unpaired) electrons. The molecule has 0 spiro atoms. The second-order valence-electron chi connectivity index (χ2n) is 7.87. The lowest BCUT2D eigenvalue weighted by molar-refractivity contribution is -0.137. The minimum Gasteiger partial charge on any atom is -0.497 e. The average molecular weight is 526 g/mol. The third-order valence-corrected chi connectivity index (χ3v) is 6.19. The van der Waals surface area contributed by atoms with Crippen molar-refractivity contribution in [3.8, 4) is 22.8 Å². The average Bonchev–Trinajstić information content (AvgIpc) is 3.31.